The average Bonchev–Trinajstić information content (AvgIpc) is 3.37. The first-order valence-corrected chi connectivity index (χ1v) is 9.27. The van der Waals surface area contributed by atoms with Gasteiger partial charge in [-0.1, -0.05) is 29.4 Å². The molecule has 3 aromatic rings. The van der Waals surface area contributed by atoms with Crippen LogP contribution in [-0.2, 0) is 17.8 Å². The van der Waals surface area contributed by atoms with Crippen molar-refractivity contribution in [2.45, 2.75) is 39.0 Å². The summed E-state index contributed by atoms with van der Waals surface area (Å²) in [6.07, 6.45) is 3.90. The second-order valence-electron chi connectivity index (χ2n) is 6.10. The van der Waals surface area contributed by atoms with Gasteiger partial charge in [0.2, 0.25) is 0 Å². The van der Waals surface area contributed by atoms with Crippen molar-refractivity contribution in [2.75, 3.05) is 6.61 Å². The minimum Gasteiger partial charge on any atom is -0.368 e. The lowest BCUT2D eigenvalue weighted by Gasteiger charge is -2.01. The zero-order valence-electron chi connectivity index (χ0n) is 14.1. The average molecular weight is 356 g/mol. The molecule has 1 saturated heterocycles. The summed E-state index contributed by atoms with van der Waals surface area (Å²) in [7, 11) is 0. The lowest BCUT2D eigenvalue weighted by Crippen LogP contribution is -2.13. The lowest BCUT2D eigenvalue weighted by atomic mass is 10.1. The fourth-order valence-corrected chi connectivity index (χ4v) is 3.84. The third-order valence-corrected chi connectivity index (χ3v) is 5.23. The van der Waals surface area contributed by atoms with Crippen molar-refractivity contribution < 1.29 is 9.26 Å². The van der Waals surface area contributed by atoms with Gasteiger partial charge in [-0.15, -0.1) is 11.3 Å². The second kappa shape index (κ2) is 7.43. The Morgan fingerprint density at radius 1 is 1.28 bits per heavy atom. The van der Waals surface area contributed by atoms with E-state index in [-0.39, 0.29) is 6.10 Å². The molecule has 1 fully saturated rings. The van der Waals surface area contributed by atoms with E-state index in [1.807, 2.05) is 18.3 Å². The molecular formula is C18H20N4O2S. The quantitative estimate of drug-likeness (QED) is 0.727. The van der Waals surface area contributed by atoms with Crippen molar-refractivity contribution in [3.8, 4) is 10.6 Å². The topological polar surface area (TPSA) is 73.1 Å². The van der Waals surface area contributed by atoms with Gasteiger partial charge in [0.25, 0.3) is 5.89 Å². The van der Waals surface area contributed by atoms with Gasteiger partial charge in [-0.25, -0.2) is 4.98 Å². The Balaban J connectivity index is 1.33. The molecule has 1 N–H and O–H groups in total. The highest BCUT2D eigenvalue weighted by Crippen LogP contribution is 2.28. The number of nitrogens with zero attached hydrogens (tertiary/aromatic N) is 3. The largest absolute Gasteiger partial charge is 0.368 e. The van der Waals surface area contributed by atoms with E-state index in [1.165, 1.54) is 16.0 Å². The molecule has 25 heavy (non-hydrogen) atoms. The van der Waals surface area contributed by atoms with Crippen molar-refractivity contribution in [3.63, 3.8) is 0 Å². The maximum atomic E-state index is 5.56. The number of thiazole rings is 1. The highest BCUT2D eigenvalue weighted by Gasteiger charge is 2.23. The first-order valence-electron chi connectivity index (χ1n) is 8.45. The Hall–Kier alpha value is -2.09. The van der Waals surface area contributed by atoms with E-state index in [0.29, 0.717) is 18.3 Å². The molecule has 1 atom stereocenters. The summed E-state index contributed by atoms with van der Waals surface area (Å²) in [5.74, 6) is 1.25. The summed E-state index contributed by atoms with van der Waals surface area (Å²) in [5.41, 5.74) is 2.43. The number of hydrogen-bond acceptors (Lipinski definition) is 7. The first-order chi connectivity index (χ1) is 12.3. The summed E-state index contributed by atoms with van der Waals surface area (Å²) in [4.78, 5) is 10.1. The van der Waals surface area contributed by atoms with Crippen LogP contribution in [0.4, 0.5) is 0 Å². The summed E-state index contributed by atoms with van der Waals surface area (Å²) < 4.78 is 10.8. The van der Waals surface area contributed by atoms with E-state index in [4.69, 9.17) is 9.26 Å². The second-order valence-corrected chi connectivity index (χ2v) is 7.22. The molecule has 1 aliphatic heterocycles. The fraction of sp³-hybridized carbons (Fsp3) is 0.389. The predicted octanol–water partition coefficient (Wildman–Crippen LogP) is 3.64. The third-order valence-electron chi connectivity index (χ3n) is 4.20. The van der Waals surface area contributed by atoms with Crippen LogP contribution >= 0.6 is 11.3 Å². The Bertz CT molecular complexity index is 839. The van der Waals surface area contributed by atoms with Crippen LogP contribution in [-0.4, -0.2) is 21.7 Å². The van der Waals surface area contributed by atoms with E-state index in [2.05, 4.69) is 39.5 Å². The summed E-state index contributed by atoms with van der Waals surface area (Å²) in [6, 6.07) is 8.31. The number of hydrogen-bond donors (Lipinski definition) is 1. The molecule has 4 rings (SSSR count). The van der Waals surface area contributed by atoms with Gasteiger partial charge in [-0.3, -0.25) is 0 Å². The van der Waals surface area contributed by atoms with E-state index in [0.717, 1.165) is 31.0 Å². The van der Waals surface area contributed by atoms with Gasteiger partial charge in [0, 0.05) is 29.8 Å². The first kappa shape index (κ1) is 16.4. The molecule has 2 aromatic heterocycles. The van der Waals surface area contributed by atoms with Crippen LogP contribution in [0.2, 0.25) is 0 Å². The molecule has 0 radical (unpaired) electrons. The van der Waals surface area contributed by atoms with E-state index in [1.54, 1.807) is 11.3 Å². The fourth-order valence-electron chi connectivity index (χ4n) is 2.87. The smallest absolute Gasteiger partial charge is 0.255 e. The molecule has 1 aliphatic rings. The highest BCUT2D eigenvalue weighted by atomic mass is 32.1. The van der Waals surface area contributed by atoms with Crippen LogP contribution in [0.15, 0.2) is 35.0 Å². The van der Waals surface area contributed by atoms with Gasteiger partial charge < -0.3 is 14.6 Å². The number of aryl methyl sites for hydroxylation is 1. The van der Waals surface area contributed by atoms with Crippen molar-refractivity contribution >= 4 is 11.3 Å². The minimum atomic E-state index is -0.0283. The standard InChI is InChI=1S/C18H20N4O2S/c1-12-5-2-3-6-14(12)18-20-10-13(25-18)9-19-11-16-21-17(24-22-16)15-7-4-8-23-15/h2-3,5-6,10,15,19H,4,7-9,11H2,1H3/t15-/m0/s1. The molecule has 130 valence electrons. The van der Waals surface area contributed by atoms with E-state index in [9.17, 15) is 0 Å². The Morgan fingerprint density at radius 2 is 2.20 bits per heavy atom. The molecule has 0 aliphatic carbocycles. The normalized spacial score (nSPS) is 17.2. The monoisotopic (exact) mass is 356 g/mol. The lowest BCUT2D eigenvalue weighted by molar-refractivity contribution is 0.0835. The Labute approximate surface area is 150 Å². The molecule has 3 heterocycles. The van der Waals surface area contributed by atoms with Crippen molar-refractivity contribution in [1.29, 1.82) is 0 Å². The Morgan fingerprint density at radius 3 is 3.04 bits per heavy atom. The molecule has 1 aromatic carbocycles. The van der Waals surface area contributed by atoms with Crippen LogP contribution in [0.3, 0.4) is 0 Å². The van der Waals surface area contributed by atoms with Gasteiger partial charge >= 0.3 is 0 Å². The van der Waals surface area contributed by atoms with Gasteiger partial charge in [-0.05, 0) is 25.3 Å². The van der Waals surface area contributed by atoms with Crippen molar-refractivity contribution in [1.82, 2.24) is 20.4 Å². The van der Waals surface area contributed by atoms with Crippen molar-refractivity contribution in [3.05, 3.63) is 52.6 Å². The molecule has 0 saturated carbocycles. The molecule has 0 amide bonds. The molecule has 7 heteroatoms. The van der Waals surface area contributed by atoms with Gasteiger partial charge in [0.1, 0.15) is 11.1 Å². The highest BCUT2D eigenvalue weighted by molar-refractivity contribution is 7.15. The SMILES string of the molecule is Cc1ccccc1-c1ncc(CNCc2noc([C@@H]3CCCO3)n2)s1. The van der Waals surface area contributed by atoms with Crippen LogP contribution in [0, 0.1) is 6.92 Å². The van der Waals surface area contributed by atoms with Crippen LogP contribution < -0.4 is 5.32 Å². The molecule has 0 spiro atoms. The van der Waals surface area contributed by atoms with Gasteiger partial charge in [0.05, 0.1) is 6.54 Å². The predicted molar refractivity (Wildman–Crippen MR) is 95.1 cm³/mol. The van der Waals surface area contributed by atoms with Crippen molar-refractivity contribution in [2.24, 2.45) is 0 Å². The number of rotatable bonds is 6. The minimum absolute atomic E-state index is 0.0283. The maximum absolute atomic E-state index is 5.56. The van der Waals surface area contributed by atoms with Crippen LogP contribution in [0.5, 0.6) is 0 Å². The Kier molecular flexibility index (Phi) is 4.87. The number of ether oxygens (including phenoxy) is 1. The summed E-state index contributed by atoms with van der Waals surface area (Å²) in [5, 5.41) is 8.41. The van der Waals surface area contributed by atoms with Crippen LogP contribution in [0.25, 0.3) is 10.6 Å². The van der Waals surface area contributed by atoms with E-state index >= 15 is 0 Å². The maximum Gasteiger partial charge on any atom is 0.255 e. The zero-order valence-corrected chi connectivity index (χ0v) is 14.9. The number of aromatic nitrogens is 3. The van der Waals surface area contributed by atoms with Gasteiger partial charge in [-0.2, -0.15) is 4.98 Å². The molecule has 6 nitrogen and oxygen atoms in total. The summed E-state index contributed by atoms with van der Waals surface area (Å²) in [6.45, 7) is 4.17. The third kappa shape index (κ3) is 3.78. The number of benzene rings is 1. The van der Waals surface area contributed by atoms with Gasteiger partial charge in [0.15, 0.2) is 5.82 Å². The molecular weight excluding hydrogens is 336 g/mol. The zero-order chi connectivity index (χ0) is 17.1. The molecule has 0 bridgehead atoms. The van der Waals surface area contributed by atoms with Crippen LogP contribution in [0.1, 0.15) is 41.1 Å². The molecule has 0 unspecified atom stereocenters. The van der Waals surface area contributed by atoms with E-state index < -0.39 is 0 Å². The summed E-state index contributed by atoms with van der Waals surface area (Å²) >= 11 is 1.70. The number of nitrogens with one attached hydrogen (secondary N) is 1.